The minimum atomic E-state index is -3.11. The van der Waals surface area contributed by atoms with Gasteiger partial charge < -0.3 is 5.32 Å². The van der Waals surface area contributed by atoms with Crippen molar-refractivity contribution in [3.63, 3.8) is 0 Å². The van der Waals surface area contributed by atoms with E-state index in [0.29, 0.717) is 4.90 Å². The van der Waals surface area contributed by atoms with Crippen molar-refractivity contribution in [2.45, 2.75) is 48.8 Å². The van der Waals surface area contributed by atoms with Gasteiger partial charge in [-0.15, -0.1) is 0 Å². The summed E-state index contributed by atoms with van der Waals surface area (Å²) in [6.45, 7) is 2.06. The topological polar surface area (TPSA) is 46.2 Å². The lowest BCUT2D eigenvalue weighted by Gasteiger charge is -2.14. The van der Waals surface area contributed by atoms with Crippen molar-refractivity contribution in [2.75, 3.05) is 7.05 Å². The zero-order valence-corrected chi connectivity index (χ0v) is 11.8. The molecule has 1 unspecified atom stereocenters. The number of nitrogens with one attached hydrogen (secondary N) is 1. The first-order valence-electron chi connectivity index (χ1n) is 6.57. The molecule has 1 fully saturated rings. The summed E-state index contributed by atoms with van der Waals surface area (Å²) in [6, 6.07) is 7.55. The van der Waals surface area contributed by atoms with Crippen LogP contribution in [0.5, 0.6) is 0 Å². The van der Waals surface area contributed by atoms with E-state index < -0.39 is 9.84 Å². The molecule has 1 saturated carbocycles. The Bertz CT molecular complexity index is 487. The molecule has 100 valence electrons. The lowest BCUT2D eigenvalue weighted by molar-refractivity contribution is 0.579. The quantitative estimate of drug-likeness (QED) is 0.912. The average Bonchev–Trinajstić information content (AvgIpc) is 2.92. The highest BCUT2D eigenvalue weighted by Crippen LogP contribution is 2.29. The van der Waals surface area contributed by atoms with Gasteiger partial charge in [-0.3, -0.25) is 0 Å². The molecule has 1 aromatic rings. The second-order valence-corrected chi connectivity index (χ2v) is 7.26. The Labute approximate surface area is 110 Å². The van der Waals surface area contributed by atoms with Crippen LogP contribution in [0.15, 0.2) is 29.2 Å². The maximum atomic E-state index is 12.4. The second-order valence-electron chi connectivity index (χ2n) is 5.03. The van der Waals surface area contributed by atoms with Crippen LogP contribution in [0, 0.1) is 0 Å². The number of hydrogen-bond donors (Lipinski definition) is 1. The molecule has 0 radical (unpaired) electrons. The summed E-state index contributed by atoms with van der Waals surface area (Å²) in [5, 5.41) is 2.98. The molecular weight excluding hydrogens is 246 g/mol. The van der Waals surface area contributed by atoms with Crippen LogP contribution in [0.1, 0.15) is 44.2 Å². The number of rotatable bonds is 4. The lowest BCUT2D eigenvalue weighted by atomic mass is 10.1. The molecule has 0 aliphatic heterocycles. The molecule has 1 atom stereocenters. The van der Waals surface area contributed by atoms with E-state index in [0.717, 1.165) is 31.2 Å². The minimum absolute atomic E-state index is 0.162. The summed E-state index contributed by atoms with van der Waals surface area (Å²) >= 11 is 0. The van der Waals surface area contributed by atoms with E-state index >= 15 is 0 Å². The molecule has 1 aromatic carbocycles. The van der Waals surface area contributed by atoms with Crippen molar-refractivity contribution in [1.82, 2.24) is 5.32 Å². The third-order valence-electron chi connectivity index (χ3n) is 3.88. The van der Waals surface area contributed by atoms with E-state index in [9.17, 15) is 8.42 Å². The zero-order valence-electron chi connectivity index (χ0n) is 11.0. The SMILES string of the molecule is CNC(C)c1ccc(S(=O)(=O)C2CCCC2)cc1. The number of sulfone groups is 1. The zero-order chi connectivity index (χ0) is 13.2. The van der Waals surface area contributed by atoms with Crippen LogP contribution in [-0.4, -0.2) is 20.7 Å². The fourth-order valence-electron chi connectivity index (χ4n) is 2.50. The molecular formula is C14H21NO2S. The molecule has 2 rings (SSSR count). The van der Waals surface area contributed by atoms with E-state index in [1.54, 1.807) is 12.1 Å². The molecule has 18 heavy (non-hydrogen) atoms. The van der Waals surface area contributed by atoms with Crippen LogP contribution < -0.4 is 5.32 Å². The Morgan fingerprint density at radius 1 is 1.17 bits per heavy atom. The van der Waals surface area contributed by atoms with Crippen LogP contribution in [0.4, 0.5) is 0 Å². The van der Waals surface area contributed by atoms with Crippen molar-refractivity contribution in [3.05, 3.63) is 29.8 Å². The van der Waals surface area contributed by atoms with Crippen molar-refractivity contribution in [3.8, 4) is 0 Å². The highest BCUT2D eigenvalue weighted by Gasteiger charge is 2.30. The average molecular weight is 267 g/mol. The van der Waals surface area contributed by atoms with Gasteiger partial charge in [-0.2, -0.15) is 0 Å². The molecule has 4 heteroatoms. The predicted octanol–water partition coefficient (Wildman–Crippen LogP) is 2.68. The van der Waals surface area contributed by atoms with Crippen LogP contribution >= 0.6 is 0 Å². The van der Waals surface area contributed by atoms with Gasteiger partial charge in [-0.1, -0.05) is 25.0 Å². The van der Waals surface area contributed by atoms with Crippen molar-refractivity contribution >= 4 is 9.84 Å². The molecule has 0 spiro atoms. The Balaban J connectivity index is 2.23. The van der Waals surface area contributed by atoms with Gasteiger partial charge in [0.1, 0.15) is 0 Å². The van der Waals surface area contributed by atoms with E-state index in [4.69, 9.17) is 0 Å². The molecule has 0 amide bonds. The first kappa shape index (κ1) is 13.6. The van der Waals surface area contributed by atoms with Crippen molar-refractivity contribution in [2.24, 2.45) is 0 Å². The number of benzene rings is 1. The monoisotopic (exact) mass is 267 g/mol. The van der Waals surface area contributed by atoms with Gasteiger partial charge in [-0.05, 0) is 44.5 Å². The van der Waals surface area contributed by atoms with Crippen molar-refractivity contribution in [1.29, 1.82) is 0 Å². The summed E-state index contributed by atoms with van der Waals surface area (Å²) in [7, 11) is -1.21. The third kappa shape index (κ3) is 2.59. The standard InChI is InChI=1S/C14H21NO2S/c1-11(15-2)12-7-9-14(10-8-12)18(16,17)13-5-3-4-6-13/h7-11,13,15H,3-6H2,1-2H3. The smallest absolute Gasteiger partial charge is 0.181 e. The minimum Gasteiger partial charge on any atom is -0.313 e. The fourth-order valence-corrected chi connectivity index (χ4v) is 4.36. The molecule has 3 nitrogen and oxygen atoms in total. The fraction of sp³-hybridized carbons (Fsp3) is 0.571. The number of hydrogen-bond acceptors (Lipinski definition) is 3. The maximum Gasteiger partial charge on any atom is 0.181 e. The Hall–Kier alpha value is -0.870. The summed E-state index contributed by atoms with van der Waals surface area (Å²) in [6.07, 6.45) is 3.71. The van der Waals surface area contributed by atoms with Crippen LogP contribution in [0.2, 0.25) is 0 Å². The largest absolute Gasteiger partial charge is 0.313 e. The van der Waals surface area contributed by atoms with Gasteiger partial charge in [0.05, 0.1) is 10.1 Å². The first-order chi connectivity index (χ1) is 8.55. The lowest BCUT2D eigenvalue weighted by Crippen LogP contribution is -2.18. The Morgan fingerprint density at radius 2 is 1.72 bits per heavy atom. The van der Waals surface area contributed by atoms with Crippen LogP contribution in [0.25, 0.3) is 0 Å². The van der Waals surface area contributed by atoms with Gasteiger partial charge >= 0.3 is 0 Å². The van der Waals surface area contributed by atoms with Gasteiger partial charge in [0, 0.05) is 6.04 Å². The molecule has 0 aromatic heterocycles. The van der Waals surface area contributed by atoms with Gasteiger partial charge in [0.25, 0.3) is 0 Å². The summed E-state index contributed by atoms with van der Waals surface area (Å²) < 4.78 is 24.7. The molecule has 0 saturated heterocycles. The molecule has 1 N–H and O–H groups in total. The van der Waals surface area contributed by atoms with Crippen LogP contribution in [0.3, 0.4) is 0 Å². The second kappa shape index (κ2) is 5.41. The molecule has 1 aliphatic carbocycles. The van der Waals surface area contributed by atoms with E-state index in [2.05, 4.69) is 12.2 Å². The summed E-state index contributed by atoms with van der Waals surface area (Å²) in [4.78, 5) is 0.474. The van der Waals surface area contributed by atoms with E-state index in [1.165, 1.54) is 0 Å². The highest BCUT2D eigenvalue weighted by molar-refractivity contribution is 7.92. The highest BCUT2D eigenvalue weighted by atomic mass is 32.2. The van der Waals surface area contributed by atoms with E-state index in [-0.39, 0.29) is 11.3 Å². The van der Waals surface area contributed by atoms with Gasteiger partial charge in [-0.25, -0.2) is 8.42 Å². The summed E-state index contributed by atoms with van der Waals surface area (Å²) in [5.74, 6) is 0. The normalized spacial score (nSPS) is 19.0. The van der Waals surface area contributed by atoms with E-state index in [1.807, 2.05) is 19.2 Å². The van der Waals surface area contributed by atoms with Gasteiger partial charge in [0.15, 0.2) is 9.84 Å². The van der Waals surface area contributed by atoms with Crippen LogP contribution in [-0.2, 0) is 9.84 Å². The Morgan fingerprint density at radius 3 is 2.22 bits per heavy atom. The Kier molecular flexibility index (Phi) is 4.07. The third-order valence-corrected chi connectivity index (χ3v) is 6.16. The van der Waals surface area contributed by atoms with Gasteiger partial charge in [0.2, 0.25) is 0 Å². The maximum absolute atomic E-state index is 12.4. The summed E-state index contributed by atoms with van der Waals surface area (Å²) in [5.41, 5.74) is 1.11. The molecule has 0 heterocycles. The van der Waals surface area contributed by atoms with Crippen molar-refractivity contribution < 1.29 is 8.42 Å². The molecule has 1 aliphatic rings. The first-order valence-corrected chi connectivity index (χ1v) is 8.11. The predicted molar refractivity (Wildman–Crippen MR) is 73.4 cm³/mol. The molecule has 0 bridgehead atoms.